The lowest BCUT2D eigenvalue weighted by atomic mass is 10.1. The van der Waals surface area contributed by atoms with E-state index >= 15 is 0 Å². The molecule has 3 nitrogen and oxygen atoms in total. The van der Waals surface area contributed by atoms with Gasteiger partial charge in [0.1, 0.15) is 6.61 Å². The number of hydrogen-bond donors (Lipinski definition) is 0. The summed E-state index contributed by atoms with van der Waals surface area (Å²) in [5, 5.41) is 18.3. The Morgan fingerprint density at radius 1 is 1.09 bits per heavy atom. The Labute approximate surface area is 138 Å². The maximum atomic E-state index is 9.05. The average molecular weight is 329 g/mol. The molecule has 0 spiro atoms. The number of nitrogens with zero attached hydrogens (tertiary/aromatic N) is 2. The summed E-state index contributed by atoms with van der Waals surface area (Å²) in [6.07, 6.45) is 2.94. The monoisotopic (exact) mass is 328 g/mol. The zero-order valence-corrected chi connectivity index (χ0v) is 12.9. The standard InChI is InChI=1S/C17H10Cl2N2O/c18-15-8-12(4-3-7-20)9-16(19)17(15)22-11-14-6-2-1-5-13(14)10-21/h1-6,8-9H,11H2. The number of rotatable bonds is 4. The van der Waals surface area contributed by atoms with Crippen molar-refractivity contribution in [3.63, 3.8) is 0 Å². The summed E-state index contributed by atoms with van der Waals surface area (Å²) in [7, 11) is 0. The molecule has 0 aliphatic carbocycles. The van der Waals surface area contributed by atoms with Gasteiger partial charge in [-0.15, -0.1) is 0 Å². The number of ether oxygens (including phenoxy) is 1. The van der Waals surface area contributed by atoms with E-state index in [0.717, 1.165) is 5.56 Å². The van der Waals surface area contributed by atoms with Crippen LogP contribution in [-0.4, -0.2) is 0 Å². The molecule has 0 atom stereocenters. The van der Waals surface area contributed by atoms with Gasteiger partial charge >= 0.3 is 0 Å². The molecule has 22 heavy (non-hydrogen) atoms. The lowest BCUT2D eigenvalue weighted by Crippen LogP contribution is -1.99. The van der Waals surface area contributed by atoms with E-state index in [9.17, 15) is 0 Å². The van der Waals surface area contributed by atoms with Gasteiger partial charge in [0.25, 0.3) is 0 Å². The average Bonchev–Trinajstić information content (AvgIpc) is 2.52. The molecule has 0 amide bonds. The fourth-order valence-corrected chi connectivity index (χ4v) is 2.47. The van der Waals surface area contributed by atoms with Gasteiger partial charge in [0.05, 0.1) is 27.7 Å². The van der Waals surface area contributed by atoms with E-state index < -0.39 is 0 Å². The first-order chi connectivity index (χ1) is 10.7. The summed E-state index contributed by atoms with van der Waals surface area (Å²) in [6.45, 7) is 0.191. The third kappa shape index (κ3) is 3.80. The minimum atomic E-state index is 0.191. The molecule has 2 aromatic rings. The number of allylic oxidation sites excluding steroid dienone is 1. The van der Waals surface area contributed by atoms with E-state index in [1.165, 1.54) is 6.08 Å². The summed E-state index contributed by atoms with van der Waals surface area (Å²) in [4.78, 5) is 0. The number of hydrogen-bond acceptors (Lipinski definition) is 3. The van der Waals surface area contributed by atoms with E-state index in [1.54, 1.807) is 30.3 Å². The van der Waals surface area contributed by atoms with Crippen LogP contribution in [0.2, 0.25) is 10.0 Å². The second kappa shape index (κ2) is 7.52. The Kier molecular flexibility index (Phi) is 5.44. The molecule has 0 bridgehead atoms. The van der Waals surface area contributed by atoms with Gasteiger partial charge in [0.2, 0.25) is 0 Å². The van der Waals surface area contributed by atoms with Crippen molar-refractivity contribution in [1.29, 1.82) is 10.5 Å². The fourth-order valence-electron chi connectivity index (χ4n) is 1.85. The van der Waals surface area contributed by atoms with E-state index in [2.05, 4.69) is 6.07 Å². The zero-order valence-electron chi connectivity index (χ0n) is 11.4. The van der Waals surface area contributed by atoms with Crippen LogP contribution in [-0.2, 0) is 6.61 Å². The Morgan fingerprint density at radius 3 is 2.41 bits per heavy atom. The molecular weight excluding hydrogens is 319 g/mol. The van der Waals surface area contributed by atoms with Gasteiger partial charge in [-0.1, -0.05) is 41.4 Å². The molecular formula is C17H10Cl2N2O. The van der Waals surface area contributed by atoms with Crippen molar-refractivity contribution >= 4 is 29.3 Å². The van der Waals surface area contributed by atoms with Gasteiger partial charge in [0, 0.05) is 11.6 Å². The molecule has 0 heterocycles. The molecule has 0 radical (unpaired) electrons. The highest BCUT2D eigenvalue weighted by molar-refractivity contribution is 6.37. The van der Waals surface area contributed by atoms with Gasteiger partial charge in [0.15, 0.2) is 5.75 Å². The molecule has 2 rings (SSSR count). The van der Waals surface area contributed by atoms with Crippen LogP contribution in [0, 0.1) is 22.7 Å². The van der Waals surface area contributed by atoms with Crippen molar-refractivity contribution in [3.05, 3.63) is 69.2 Å². The first kappa shape index (κ1) is 15.9. The second-order valence-corrected chi connectivity index (χ2v) is 5.15. The van der Waals surface area contributed by atoms with Crippen molar-refractivity contribution in [2.45, 2.75) is 6.61 Å². The van der Waals surface area contributed by atoms with Gasteiger partial charge in [-0.25, -0.2) is 0 Å². The Hall–Kier alpha value is -2.46. The van der Waals surface area contributed by atoms with Crippen LogP contribution < -0.4 is 4.74 Å². The maximum Gasteiger partial charge on any atom is 0.157 e. The molecule has 0 fully saturated rings. The SMILES string of the molecule is N#CC=Cc1cc(Cl)c(OCc2ccccc2C#N)c(Cl)c1. The van der Waals surface area contributed by atoms with Crippen LogP contribution in [0.15, 0.2) is 42.5 Å². The Morgan fingerprint density at radius 2 is 1.77 bits per heavy atom. The quantitative estimate of drug-likeness (QED) is 0.743. The lowest BCUT2D eigenvalue weighted by Gasteiger charge is -2.11. The third-order valence-corrected chi connectivity index (χ3v) is 3.44. The Bertz CT molecular complexity index is 778. The summed E-state index contributed by atoms with van der Waals surface area (Å²) >= 11 is 12.3. The lowest BCUT2D eigenvalue weighted by molar-refractivity contribution is 0.306. The fraction of sp³-hybridized carbons (Fsp3) is 0.0588. The Balaban J connectivity index is 2.22. The first-order valence-electron chi connectivity index (χ1n) is 6.31. The maximum absolute atomic E-state index is 9.05. The van der Waals surface area contributed by atoms with Crippen LogP contribution in [0.1, 0.15) is 16.7 Å². The summed E-state index contributed by atoms with van der Waals surface area (Å²) < 4.78 is 5.65. The molecule has 0 aliphatic rings. The predicted octanol–water partition coefficient (Wildman–Crippen LogP) is 4.98. The number of benzene rings is 2. The third-order valence-electron chi connectivity index (χ3n) is 2.88. The van der Waals surface area contributed by atoms with Crippen LogP contribution in [0.25, 0.3) is 6.08 Å². The van der Waals surface area contributed by atoms with Crippen LogP contribution in [0.5, 0.6) is 5.75 Å². The van der Waals surface area contributed by atoms with E-state index in [-0.39, 0.29) is 6.61 Å². The summed E-state index contributed by atoms with van der Waals surface area (Å²) in [5.74, 6) is 0.352. The molecule has 0 aliphatic heterocycles. The molecule has 2 aromatic carbocycles. The van der Waals surface area contributed by atoms with Gasteiger partial charge in [-0.05, 0) is 29.8 Å². The zero-order chi connectivity index (χ0) is 15.9. The summed E-state index contributed by atoms with van der Waals surface area (Å²) in [6, 6.07) is 14.5. The van der Waals surface area contributed by atoms with E-state index in [1.807, 2.05) is 18.2 Å². The van der Waals surface area contributed by atoms with Crippen molar-refractivity contribution < 1.29 is 4.74 Å². The topological polar surface area (TPSA) is 56.8 Å². The van der Waals surface area contributed by atoms with Gasteiger partial charge in [-0.3, -0.25) is 0 Å². The predicted molar refractivity (Wildman–Crippen MR) is 86.6 cm³/mol. The number of halogens is 2. The van der Waals surface area contributed by atoms with Gasteiger partial charge < -0.3 is 4.74 Å². The molecule has 5 heteroatoms. The molecule has 0 unspecified atom stereocenters. The smallest absolute Gasteiger partial charge is 0.157 e. The normalized spacial score (nSPS) is 10.2. The first-order valence-corrected chi connectivity index (χ1v) is 7.07. The van der Waals surface area contributed by atoms with Crippen LogP contribution >= 0.6 is 23.2 Å². The molecule has 0 N–H and O–H groups in total. The highest BCUT2D eigenvalue weighted by Crippen LogP contribution is 2.35. The van der Waals surface area contributed by atoms with Crippen LogP contribution in [0.4, 0.5) is 0 Å². The highest BCUT2D eigenvalue weighted by Gasteiger charge is 2.10. The van der Waals surface area contributed by atoms with Crippen molar-refractivity contribution in [1.82, 2.24) is 0 Å². The van der Waals surface area contributed by atoms with E-state index in [4.69, 9.17) is 38.5 Å². The van der Waals surface area contributed by atoms with Crippen molar-refractivity contribution in [2.24, 2.45) is 0 Å². The minimum absolute atomic E-state index is 0.191. The largest absolute Gasteiger partial charge is 0.486 e. The van der Waals surface area contributed by atoms with Crippen molar-refractivity contribution in [3.8, 4) is 17.9 Å². The summed E-state index contributed by atoms with van der Waals surface area (Å²) in [5.41, 5.74) is 2.01. The van der Waals surface area contributed by atoms with E-state index in [0.29, 0.717) is 26.9 Å². The molecule has 0 saturated heterocycles. The van der Waals surface area contributed by atoms with Crippen molar-refractivity contribution in [2.75, 3.05) is 0 Å². The minimum Gasteiger partial charge on any atom is -0.486 e. The van der Waals surface area contributed by atoms with Crippen LogP contribution in [0.3, 0.4) is 0 Å². The number of nitriles is 2. The molecule has 108 valence electrons. The highest BCUT2D eigenvalue weighted by atomic mass is 35.5. The van der Waals surface area contributed by atoms with Gasteiger partial charge in [-0.2, -0.15) is 10.5 Å². The second-order valence-electron chi connectivity index (χ2n) is 4.33. The molecule has 0 saturated carbocycles. The molecule has 0 aromatic heterocycles.